The molecule has 4 rings (SSSR count). The molecule has 6 nitrogen and oxygen atoms in total. The number of aromatic nitrogens is 4. The SMILES string of the molecule is Cc1nc(Br)ccc1OC[C@H]1CO[C@@](Cn2cncn2)(c2ccc(F)cc2F)C1. The highest BCUT2D eigenvalue weighted by molar-refractivity contribution is 9.10. The van der Waals surface area contributed by atoms with Crippen LogP contribution in [-0.2, 0) is 16.9 Å². The molecule has 0 N–H and O–H groups in total. The van der Waals surface area contributed by atoms with Gasteiger partial charge in [-0.3, -0.25) is 0 Å². The molecule has 1 aliphatic heterocycles. The number of pyridine rings is 1. The van der Waals surface area contributed by atoms with E-state index >= 15 is 0 Å². The molecule has 1 aliphatic rings. The minimum absolute atomic E-state index is 0.0195. The molecule has 3 heterocycles. The van der Waals surface area contributed by atoms with Crippen LogP contribution in [0.15, 0.2) is 47.6 Å². The molecule has 1 saturated heterocycles. The van der Waals surface area contributed by atoms with Gasteiger partial charge in [0.15, 0.2) is 0 Å². The van der Waals surface area contributed by atoms with E-state index in [9.17, 15) is 8.78 Å². The normalized spacial score (nSPS) is 21.4. The standard InChI is InChI=1S/C20H19BrF2N4O2/c1-13-18(4-5-19(21)26-13)28-8-14-7-20(29-9-14,10-27-12-24-11-25-27)16-3-2-15(22)6-17(16)23/h2-6,11-12,14H,7-10H2,1H3/t14-,20-/m0/s1. The predicted molar refractivity (Wildman–Crippen MR) is 104 cm³/mol. The van der Waals surface area contributed by atoms with Crippen LogP contribution in [0.2, 0.25) is 0 Å². The Morgan fingerprint density at radius 1 is 1.31 bits per heavy atom. The zero-order chi connectivity index (χ0) is 20.4. The van der Waals surface area contributed by atoms with Gasteiger partial charge in [-0.25, -0.2) is 23.4 Å². The summed E-state index contributed by atoms with van der Waals surface area (Å²) < 4.78 is 42.5. The highest BCUT2D eigenvalue weighted by Crippen LogP contribution is 2.42. The highest BCUT2D eigenvalue weighted by atomic mass is 79.9. The van der Waals surface area contributed by atoms with Gasteiger partial charge in [-0.15, -0.1) is 0 Å². The number of nitrogens with zero attached hydrogens (tertiary/aromatic N) is 4. The summed E-state index contributed by atoms with van der Waals surface area (Å²) in [6, 6.07) is 7.22. The van der Waals surface area contributed by atoms with Gasteiger partial charge in [0.25, 0.3) is 0 Å². The molecule has 0 unspecified atom stereocenters. The van der Waals surface area contributed by atoms with Gasteiger partial charge in [-0.2, -0.15) is 5.10 Å². The second-order valence-corrected chi connectivity index (χ2v) is 7.93. The Balaban J connectivity index is 1.55. The Kier molecular flexibility index (Phi) is 5.60. The molecule has 2 aromatic heterocycles. The summed E-state index contributed by atoms with van der Waals surface area (Å²) in [5.41, 5.74) is 0.0992. The summed E-state index contributed by atoms with van der Waals surface area (Å²) in [4.78, 5) is 8.27. The van der Waals surface area contributed by atoms with E-state index in [0.717, 1.165) is 16.4 Å². The van der Waals surface area contributed by atoms with Crippen molar-refractivity contribution in [3.63, 3.8) is 0 Å². The lowest BCUT2D eigenvalue weighted by atomic mass is 9.87. The zero-order valence-electron chi connectivity index (χ0n) is 15.7. The van der Waals surface area contributed by atoms with Crippen molar-refractivity contribution in [1.29, 1.82) is 0 Å². The van der Waals surface area contributed by atoms with Crippen molar-refractivity contribution in [1.82, 2.24) is 19.7 Å². The van der Waals surface area contributed by atoms with E-state index in [1.165, 1.54) is 18.5 Å². The van der Waals surface area contributed by atoms with Crippen molar-refractivity contribution in [2.24, 2.45) is 5.92 Å². The number of halogens is 3. The summed E-state index contributed by atoms with van der Waals surface area (Å²) >= 11 is 3.33. The lowest BCUT2D eigenvalue weighted by molar-refractivity contribution is -0.0206. The molecule has 29 heavy (non-hydrogen) atoms. The Bertz CT molecular complexity index is 1000. The second-order valence-electron chi connectivity index (χ2n) is 7.12. The van der Waals surface area contributed by atoms with E-state index in [0.29, 0.717) is 30.9 Å². The third-order valence-electron chi connectivity index (χ3n) is 5.00. The molecule has 3 aromatic rings. The van der Waals surface area contributed by atoms with Crippen LogP contribution in [0.25, 0.3) is 0 Å². The minimum Gasteiger partial charge on any atom is -0.491 e. The Morgan fingerprint density at radius 2 is 2.17 bits per heavy atom. The first-order valence-corrected chi connectivity index (χ1v) is 9.92. The van der Waals surface area contributed by atoms with Crippen molar-refractivity contribution >= 4 is 15.9 Å². The van der Waals surface area contributed by atoms with Crippen LogP contribution in [-0.4, -0.2) is 33.0 Å². The van der Waals surface area contributed by atoms with E-state index in [1.807, 2.05) is 19.1 Å². The number of rotatable bonds is 6. The Labute approximate surface area is 175 Å². The molecule has 0 aliphatic carbocycles. The highest BCUT2D eigenvalue weighted by Gasteiger charge is 2.44. The summed E-state index contributed by atoms with van der Waals surface area (Å²) in [5, 5.41) is 4.12. The molecule has 0 amide bonds. The molecule has 152 valence electrons. The van der Waals surface area contributed by atoms with E-state index < -0.39 is 17.2 Å². The van der Waals surface area contributed by atoms with Crippen molar-refractivity contribution in [2.75, 3.05) is 13.2 Å². The summed E-state index contributed by atoms with van der Waals surface area (Å²) in [5.74, 6) is -0.557. The molecular formula is C20H19BrF2N4O2. The fraction of sp³-hybridized carbons (Fsp3) is 0.350. The van der Waals surface area contributed by atoms with Crippen molar-refractivity contribution in [3.8, 4) is 5.75 Å². The van der Waals surface area contributed by atoms with Gasteiger partial charge in [0.1, 0.15) is 40.2 Å². The summed E-state index contributed by atoms with van der Waals surface area (Å²) in [6.45, 7) is 2.92. The topological polar surface area (TPSA) is 62.1 Å². The van der Waals surface area contributed by atoms with E-state index in [4.69, 9.17) is 9.47 Å². The first-order chi connectivity index (χ1) is 13.9. The molecule has 2 atom stereocenters. The number of ether oxygens (including phenoxy) is 2. The van der Waals surface area contributed by atoms with E-state index in [1.54, 1.807) is 11.0 Å². The number of aryl methyl sites for hydroxylation is 1. The van der Waals surface area contributed by atoms with Gasteiger partial charge in [0.2, 0.25) is 0 Å². The maximum absolute atomic E-state index is 14.6. The van der Waals surface area contributed by atoms with Gasteiger partial charge in [-0.1, -0.05) is 6.07 Å². The molecule has 0 bridgehead atoms. The lowest BCUT2D eigenvalue weighted by Crippen LogP contribution is -2.32. The first kappa shape index (κ1) is 19.9. The average Bonchev–Trinajstić information content (AvgIpc) is 3.32. The van der Waals surface area contributed by atoms with Crippen LogP contribution in [0.3, 0.4) is 0 Å². The van der Waals surface area contributed by atoms with Gasteiger partial charge in [-0.05, 0) is 47.5 Å². The molecule has 1 fully saturated rings. The monoisotopic (exact) mass is 464 g/mol. The minimum atomic E-state index is -0.980. The molecule has 0 radical (unpaired) electrons. The molecule has 0 spiro atoms. The largest absolute Gasteiger partial charge is 0.491 e. The van der Waals surface area contributed by atoms with Crippen LogP contribution in [0.1, 0.15) is 17.7 Å². The molecule has 1 aromatic carbocycles. The third-order valence-corrected chi connectivity index (χ3v) is 5.44. The van der Waals surface area contributed by atoms with Crippen LogP contribution >= 0.6 is 15.9 Å². The van der Waals surface area contributed by atoms with Crippen LogP contribution in [0.5, 0.6) is 5.75 Å². The van der Waals surface area contributed by atoms with Gasteiger partial charge >= 0.3 is 0 Å². The first-order valence-electron chi connectivity index (χ1n) is 9.13. The van der Waals surface area contributed by atoms with Crippen molar-refractivity contribution in [2.45, 2.75) is 25.5 Å². The second kappa shape index (κ2) is 8.16. The smallest absolute Gasteiger partial charge is 0.140 e. The van der Waals surface area contributed by atoms with Crippen LogP contribution in [0, 0.1) is 24.5 Å². The summed E-state index contributed by atoms with van der Waals surface area (Å²) in [7, 11) is 0. The van der Waals surface area contributed by atoms with E-state index in [-0.39, 0.29) is 12.5 Å². The van der Waals surface area contributed by atoms with E-state index in [2.05, 4.69) is 31.0 Å². The maximum Gasteiger partial charge on any atom is 0.140 e. The molecular weight excluding hydrogens is 446 g/mol. The predicted octanol–water partition coefficient (Wildman–Crippen LogP) is 4.03. The van der Waals surface area contributed by atoms with Gasteiger partial charge in [0, 0.05) is 17.5 Å². The quantitative estimate of drug-likeness (QED) is 0.515. The molecule has 9 heteroatoms. The van der Waals surface area contributed by atoms with Crippen LogP contribution < -0.4 is 4.74 Å². The fourth-order valence-electron chi connectivity index (χ4n) is 3.66. The Hall–Kier alpha value is -2.39. The maximum atomic E-state index is 14.6. The fourth-order valence-corrected chi connectivity index (χ4v) is 4.06. The average molecular weight is 465 g/mol. The number of benzene rings is 1. The van der Waals surface area contributed by atoms with Gasteiger partial charge < -0.3 is 9.47 Å². The Morgan fingerprint density at radius 3 is 2.90 bits per heavy atom. The van der Waals surface area contributed by atoms with Crippen molar-refractivity contribution in [3.05, 3.63) is 70.5 Å². The lowest BCUT2D eigenvalue weighted by Gasteiger charge is -2.29. The summed E-state index contributed by atoms with van der Waals surface area (Å²) in [6.07, 6.45) is 3.46. The van der Waals surface area contributed by atoms with Crippen LogP contribution in [0.4, 0.5) is 8.78 Å². The zero-order valence-corrected chi connectivity index (χ0v) is 17.3. The molecule has 0 saturated carbocycles. The number of hydrogen-bond acceptors (Lipinski definition) is 5. The van der Waals surface area contributed by atoms with Crippen molar-refractivity contribution < 1.29 is 18.3 Å². The third kappa shape index (κ3) is 4.30. The van der Waals surface area contributed by atoms with Gasteiger partial charge in [0.05, 0.1) is 25.5 Å². The number of hydrogen-bond donors (Lipinski definition) is 0.